The van der Waals surface area contributed by atoms with Crippen molar-refractivity contribution in [1.29, 1.82) is 0 Å². The van der Waals surface area contributed by atoms with Crippen LogP contribution in [0.4, 0.5) is 4.39 Å². The minimum Gasteiger partial charge on any atom is -0.294 e. The van der Waals surface area contributed by atoms with Crippen molar-refractivity contribution in [1.82, 2.24) is 0 Å². The van der Waals surface area contributed by atoms with Gasteiger partial charge in [-0.25, -0.2) is 4.39 Å². The summed E-state index contributed by atoms with van der Waals surface area (Å²) in [6, 6.07) is 12.5. The van der Waals surface area contributed by atoms with Crippen LogP contribution < -0.4 is 0 Å². The lowest BCUT2D eigenvalue weighted by molar-refractivity contribution is 0.101. The molecule has 0 N–H and O–H groups in total. The summed E-state index contributed by atoms with van der Waals surface area (Å²) >= 11 is 7.09. The van der Waals surface area contributed by atoms with Crippen molar-refractivity contribution >= 4 is 29.1 Å². The van der Waals surface area contributed by atoms with Crippen LogP contribution in [0.2, 0.25) is 5.02 Å². The molecule has 2 aromatic rings. The zero-order valence-electron chi connectivity index (χ0n) is 10.3. The maximum atomic E-state index is 13.9. The highest BCUT2D eigenvalue weighted by Gasteiger charge is 2.14. The van der Waals surface area contributed by atoms with E-state index in [1.807, 2.05) is 30.3 Å². The summed E-state index contributed by atoms with van der Waals surface area (Å²) in [6.45, 7) is 1.41. The molecule has 0 aliphatic carbocycles. The molecule has 0 aromatic heterocycles. The highest BCUT2D eigenvalue weighted by molar-refractivity contribution is 7.98. The van der Waals surface area contributed by atoms with E-state index in [1.54, 1.807) is 0 Å². The second-order valence-electron chi connectivity index (χ2n) is 4.09. The molecule has 0 atom stereocenters. The number of rotatable bonds is 4. The monoisotopic (exact) mass is 294 g/mol. The van der Waals surface area contributed by atoms with Gasteiger partial charge in [0, 0.05) is 16.3 Å². The van der Waals surface area contributed by atoms with E-state index >= 15 is 0 Å². The number of hydrogen-bond acceptors (Lipinski definition) is 2. The Balaban J connectivity index is 2.27. The number of carbonyl (C=O) groups is 1. The Morgan fingerprint density at radius 2 is 1.95 bits per heavy atom. The van der Waals surface area contributed by atoms with Crippen molar-refractivity contribution < 1.29 is 9.18 Å². The van der Waals surface area contributed by atoms with Crippen molar-refractivity contribution in [2.24, 2.45) is 0 Å². The lowest BCUT2D eigenvalue weighted by atomic mass is 10.1. The molecular weight excluding hydrogens is 283 g/mol. The predicted molar refractivity (Wildman–Crippen MR) is 77.4 cm³/mol. The summed E-state index contributed by atoms with van der Waals surface area (Å²) in [5.41, 5.74) is 1.42. The van der Waals surface area contributed by atoms with Crippen LogP contribution in [-0.4, -0.2) is 5.78 Å². The summed E-state index contributed by atoms with van der Waals surface area (Å²) in [7, 11) is 0. The van der Waals surface area contributed by atoms with Crippen LogP contribution in [0.5, 0.6) is 0 Å². The van der Waals surface area contributed by atoms with Gasteiger partial charge in [0.05, 0.1) is 4.90 Å². The minimum absolute atomic E-state index is 0.183. The number of halogens is 2. The first-order valence-corrected chi connectivity index (χ1v) is 7.11. The first kappa shape index (κ1) is 14.1. The Morgan fingerprint density at radius 1 is 1.26 bits per heavy atom. The second-order valence-corrected chi connectivity index (χ2v) is 5.52. The SMILES string of the molecule is CC(=O)c1cc(Cl)cc(F)c1SCc1ccccc1. The van der Waals surface area contributed by atoms with Gasteiger partial charge in [-0.2, -0.15) is 0 Å². The molecular formula is C15H12ClFOS. The molecule has 0 aliphatic heterocycles. The van der Waals surface area contributed by atoms with E-state index in [2.05, 4.69) is 0 Å². The average molecular weight is 295 g/mol. The molecule has 0 bridgehead atoms. The third-order valence-corrected chi connectivity index (χ3v) is 4.01. The van der Waals surface area contributed by atoms with E-state index in [0.29, 0.717) is 16.2 Å². The molecule has 0 saturated carbocycles. The van der Waals surface area contributed by atoms with Gasteiger partial charge in [-0.15, -0.1) is 11.8 Å². The summed E-state index contributed by atoms with van der Waals surface area (Å²) in [4.78, 5) is 11.9. The van der Waals surface area contributed by atoms with Gasteiger partial charge in [-0.1, -0.05) is 41.9 Å². The van der Waals surface area contributed by atoms with Gasteiger partial charge in [0.1, 0.15) is 5.82 Å². The lowest BCUT2D eigenvalue weighted by Gasteiger charge is -2.09. The van der Waals surface area contributed by atoms with Gasteiger partial charge in [0.15, 0.2) is 5.78 Å². The van der Waals surface area contributed by atoms with Crippen molar-refractivity contribution in [2.75, 3.05) is 0 Å². The maximum Gasteiger partial charge on any atom is 0.161 e. The van der Waals surface area contributed by atoms with Crippen LogP contribution in [-0.2, 0) is 5.75 Å². The van der Waals surface area contributed by atoms with Crippen molar-refractivity contribution in [3.63, 3.8) is 0 Å². The molecule has 98 valence electrons. The largest absolute Gasteiger partial charge is 0.294 e. The highest BCUT2D eigenvalue weighted by atomic mass is 35.5. The van der Waals surface area contributed by atoms with Crippen molar-refractivity contribution in [3.8, 4) is 0 Å². The molecule has 0 unspecified atom stereocenters. The van der Waals surface area contributed by atoms with E-state index in [9.17, 15) is 9.18 Å². The Kier molecular flexibility index (Phi) is 4.61. The Labute approximate surface area is 120 Å². The Morgan fingerprint density at radius 3 is 2.58 bits per heavy atom. The van der Waals surface area contributed by atoms with E-state index in [1.165, 1.54) is 30.8 Å². The molecule has 0 spiro atoms. The number of hydrogen-bond donors (Lipinski definition) is 0. The van der Waals surface area contributed by atoms with Crippen LogP contribution in [0.1, 0.15) is 22.8 Å². The van der Waals surface area contributed by atoms with Crippen LogP contribution in [0.15, 0.2) is 47.4 Å². The van der Waals surface area contributed by atoms with Gasteiger partial charge in [0.2, 0.25) is 0 Å². The van der Waals surface area contributed by atoms with Crippen molar-refractivity contribution in [2.45, 2.75) is 17.6 Å². The summed E-state index contributed by atoms with van der Waals surface area (Å²) in [5.74, 6) is -0.0183. The number of ketones is 1. The molecule has 2 aromatic carbocycles. The first-order chi connectivity index (χ1) is 9.08. The number of thioether (sulfide) groups is 1. The molecule has 0 fully saturated rings. The molecule has 0 aliphatic rings. The standard InChI is InChI=1S/C15H12ClFOS/c1-10(18)13-7-12(16)8-14(17)15(13)19-9-11-5-3-2-4-6-11/h2-8H,9H2,1H3. The molecule has 19 heavy (non-hydrogen) atoms. The number of Topliss-reactive ketones (excluding diaryl/α,β-unsaturated/α-hetero) is 1. The minimum atomic E-state index is -0.446. The van der Waals surface area contributed by atoms with Crippen LogP contribution in [0.25, 0.3) is 0 Å². The summed E-state index contributed by atoms with van der Waals surface area (Å²) < 4.78 is 13.9. The summed E-state index contributed by atoms with van der Waals surface area (Å²) in [6.07, 6.45) is 0. The fourth-order valence-electron chi connectivity index (χ4n) is 1.70. The van der Waals surface area contributed by atoms with E-state index < -0.39 is 5.82 Å². The van der Waals surface area contributed by atoms with Gasteiger partial charge in [-0.3, -0.25) is 4.79 Å². The molecule has 0 amide bonds. The van der Waals surface area contributed by atoms with Crippen molar-refractivity contribution in [3.05, 3.63) is 64.4 Å². The van der Waals surface area contributed by atoms with Crippen LogP contribution in [0, 0.1) is 5.82 Å². The van der Waals surface area contributed by atoms with Gasteiger partial charge in [0.25, 0.3) is 0 Å². The topological polar surface area (TPSA) is 17.1 Å². The Bertz CT molecular complexity index is 599. The Hall–Kier alpha value is -1.32. The molecule has 4 heteroatoms. The fraction of sp³-hybridized carbons (Fsp3) is 0.133. The lowest BCUT2D eigenvalue weighted by Crippen LogP contribution is -1.98. The molecule has 0 heterocycles. The fourth-order valence-corrected chi connectivity index (χ4v) is 2.96. The summed E-state index contributed by atoms with van der Waals surface area (Å²) in [5, 5.41) is 0.242. The smallest absolute Gasteiger partial charge is 0.161 e. The quantitative estimate of drug-likeness (QED) is 0.585. The van der Waals surface area contributed by atoms with E-state index in [0.717, 1.165) is 5.56 Å². The van der Waals surface area contributed by atoms with Gasteiger partial charge >= 0.3 is 0 Å². The van der Waals surface area contributed by atoms with E-state index in [-0.39, 0.29) is 10.8 Å². The van der Waals surface area contributed by atoms with Crippen LogP contribution in [0.3, 0.4) is 0 Å². The molecule has 0 radical (unpaired) electrons. The normalized spacial score (nSPS) is 10.5. The third kappa shape index (κ3) is 3.58. The molecule has 0 saturated heterocycles. The molecule has 2 rings (SSSR count). The van der Waals surface area contributed by atoms with Gasteiger partial charge in [-0.05, 0) is 24.6 Å². The van der Waals surface area contributed by atoms with Gasteiger partial charge < -0.3 is 0 Å². The third-order valence-electron chi connectivity index (χ3n) is 2.61. The number of carbonyl (C=O) groups excluding carboxylic acids is 1. The average Bonchev–Trinajstić information content (AvgIpc) is 2.38. The molecule has 1 nitrogen and oxygen atoms in total. The predicted octanol–water partition coefficient (Wildman–Crippen LogP) is 4.97. The van der Waals surface area contributed by atoms with Crippen LogP contribution >= 0.6 is 23.4 Å². The second kappa shape index (κ2) is 6.22. The maximum absolute atomic E-state index is 13.9. The first-order valence-electron chi connectivity index (χ1n) is 5.74. The zero-order valence-corrected chi connectivity index (χ0v) is 11.9. The zero-order chi connectivity index (χ0) is 13.8. The van der Waals surface area contributed by atoms with E-state index in [4.69, 9.17) is 11.6 Å². The number of benzene rings is 2. The highest BCUT2D eigenvalue weighted by Crippen LogP contribution is 2.31.